The van der Waals surface area contributed by atoms with Gasteiger partial charge >= 0.3 is 5.97 Å². The van der Waals surface area contributed by atoms with E-state index >= 15 is 0 Å². The Hall–Kier alpha value is -4.51. The van der Waals surface area contributed by atoms with Crippen LogP contribution in [0.4, 0.5) is 11.5 Å². The molecule has 0 spiro atoms. The molecule has 49 heavy (non-hydrogen) atoms. The van der Waals surface area contributed by atoms with Crippen molar-refractivity contribution in [2.75, 3.05) is 32.1 Å². The molecule has 6 rings (SSSR count). The van der Waals surface area contributed by atoms with Crippen LogP contribution in [0, 0.1) is 5.92 Å². The molecule has 1 saturated heterocycles. The van der Waals surface area contributed by atoms with Gasteiger partial charge in [0.15, 0.2) is 0 Å². The summed E-state index contributed by atoms with van der Waals surface area (Å²) in [5.41, 5.74) is 4.06. The maximum absolute atomic E-state index is 12.9. The van der Waals surface area contributed by atoms with Gasteiger partial charge in [-0.1, -0.05) is 73.4 Å². The summed E-state index contributed by atoms with van der Waals surface area (Å²) in [6.45, 7) is 8.48. The third-order valence-corrected chi connectivity index (χ3v) is 9.23. The molecule has 0 atom stereocenters. The Balaban J connectivity index is 0.00000230. The number of halogens is 2. The number of carbonyl (C=O) groups is 1. The van der Waals surface area contributed by atoms with Gasteiger partial charge in [-0.3, -0.25) is 14.5 Å². The van der Waals surface area contributed by atoms with Gasteiger partial charge in [0.25, 0.3) is 5.56 Å². The minimum atomic E-state index is -0.270. The molecular weight excluding hydrogens is 663 g/mol. The van der Waals surface area contributed by atoms with Crippen LogP contribution >= 0.6 is 23.2 Å². The molecule has 0 unspecified atom stereocenters. The zero-order valence-electron chi connectivity index (χ0n) is 28.3. The molecule has 1 N–H and O–H groups in total. The summed E-state index contributed by atoms with van der Waals surface area (Å²) in [5.74, 6) is 0.745. The van der Waals surface area contributed by atoms with Gasteiger partial charge in [0.2, 0.25) is 5.88 Å². The summed E-state index contributed by atoms with van der Waals surface area (Å²) < 4.78 is 12.2. The second-order valence-corrected chi connectivity index (χ2v) is 12.1. The molecule has 4 heterocycles. The molecule has 12 heteroatoms. The molecule has 0 aliphatic carbocycles. The predicted octanol–water partition coefficient (Wildman–Crippen LogP) is 7.92. The number of hydrogen-bond donors (Lipinski definition) is 1. The van der Waals surface area contributed by atoms with Crippen molar-refractivity contribution in [3.05, 3.63) is 93.0 Å². The lowest BCUT2D eigenvalue weighted by Crippen LogP contribution is -2.36. The fourth-order valence-electron chi connectivity index (χ4n) is 5.91. The van der Waals surface area contributed by atoms with Crippen molar-refractivity contribution in [2.24, 2.45) is 13.0 Å². The van der Waals surface area contributed by atoms with E-state index in [1.807, 2.05) is 69.3 Å². The number of likely N-dealkylation sites (tertiary alicyclic amines) is 1. The Morgan fingerprint density at radius 1 is 0.980 bits per heavy atom. The van der Waals surface area contributed by atoms with E-state index in [1.54, 1.807) is 32.6 Å². The lowest BCUT2D eigenvalue weighted by Gasteiger charge is -2.31. The van der Waals surface area contributed by atoms with Crippen molar-refractivity contribution in [1.29, 1.82) is 0 Å². The van der Waals surface area contributed by atoms with Crippen LogP contribution in [-0.4, -0.2) is 57.4 Å². The summed E-state index contributed by atoms with van der Waals surface area (Å²) in [4.78, 5) is 36.6. The first-order chi connectivity index (χ1) is 23.8. The van der Waals surface area contributed by atoms with Gasteiger partial charge in [0.1, 0.15) is 5.82 Å². The molecule has 1 fully saturated rings. The SMILES string of the molecule is CC.CCOC(=O)C1CCN(Cc2ccc(-c3cccc(-c4cccc(Nc5nccc6cnn(C)c(=O)c56)c4Cl)c3Cl)nc2OC)CC1. The van der Waals surface area contributed by atoms with Gasteiger partial charge in [-0.15, -0.1) is 0 Å². The minimum absolute atomic E-state index is 0.0468. The predicted molar refractivity (Wildman–Crippen MR) is 196 cm³/mol. The smallest absolute Gasteiger partial charge is 0.309 e. The van der Waals surface area contributed by atoms with Crippen LogP contribution in [0.1, 0.15) is 39.2 Å². The Labute approximate surface area is 296 Å². The molecule has 1 aliphatic rings. The van der Waals surface area contributed by atoms with Gasteiger partial charge in [-0.25, -0.2) is 14.6 Å². The number of nitrogens with one attached hydrogen (secondary N) is 1. The van der Waals surface area contributed by atoms with E-state index in [1.165, 1.54) is 4.68 Å². The molecule has 2 aromatic carbocycles. The number of rotatable bonds is 9. The van der Waals surface area contributed by atoms with Crippen LogP contribution in [0.25, 0.3) is 33.2 Å². The highest BCUT2D eigenvalue weighted by Crippen LogP contribution is 2.42. The van der Waals surface area contributed by atoms with Crippen molar-refractivity contribution in [3.8, 4) is 28.3 Å². The Bertz CT molecular complexity index is 2010. The van der Waals surface area contributed by atoms with Gasteiger partial charge in [-0.05, 0) is 51.1 Å². The summed E-state index contributed by atoms with van der Waals surface area (Å²) in [5, 5.41) is 9.33. The van der Waals surface area contributed by atoms with E-state index in [0.29, 0.717) is 62.6 Å². The standard InChI is InChI=1S/C35H34Cl2N6O4.C2H6/c1-4-47-35(45)21-14-17-43(18-15-21)20-23-11-12-27(41-33(23)46-3)26-9-5-7-24(30(26)36)25-8-6-10-28(31(25)37)40-32-29-22(13-16-38-32)19-39-42(2)34(29)44;1-2/h5-13,16,19,21H,4,14-15,17-18,20H2,1-3H3,(H,38,40);1-2H3. The van der Waals surface area contributed by atoms with Gasteiger partial charge in [0.05, 0.1) is 52.6 Å². The number of pyridine rings is 2. The lowest BCUT2D eigenvalue weighted by atomic mass is 9.96. The first-order valence-corrected chi connectivity index (χ1v) is 17.1. The zero-order valence-corrected chi connectivity index (χ0v) is 29.8. The topological polar surface area (TPSA) is 111 Å². The second-order valence-electron chi connectivity index (χ2n) is 11.3. The van der Waals surface area contributed by atoms with Crippen molar-refractivity contribution in [3.63, 3.8) is 0 Å². The quantitative estimate of drug-likeness (QED) is 0.153. The largest absolute Gasteiger partial charge is 0.481 e. The van der Waals surface area contributed by atoms with E-state index in [4.69, 9.17) is 37.7 Å². The summed E-state index contributed by atoms with van der Waals surface area (Å²) in [7, 11) is 3.20. The zero-order chi connectivity index (χ0) is 35.1. The van der Waals surface area contributed by atoms with E-state index in [0.717, 1.165) is 42.6 Å². The molecule has 3 aromatic heterocycles. The first kappa shape index (κ1) is 35.8. The molecule has 0 amide bonds. The van der Waals surface area contributed by atoms with Crippen LogP contribution in [-0.2, 0) is 23.1 Å². The number of piperidine rings is 1. The number of carbonyl (C=O) groups excluding carboxylic acids is 1. The number of anilines is 2. The summed E-state index contributed by atoms with van der Waals surface area (Å²) >= 11 is 14.0. The van der Waals surface area contributed by atoms with E-state index in [9.17, 15) is 9.59 Å². The van der Waals surface area contributed by atoms with E-state index in [-0.39, 0.29) is 17.4 Å². The summed E-state index contributed by atoms with van der Waals surface area (Å²) in [6.07, 6.45) is 4.77. The fourth-order valence-corrected chi connectivity index (χ4v) is 6.51. The molecule has 0 bridgehead atoms. The number of methoxy groups -OCH3 is 1. The van der Waals surface area contributed by atoms with E-state index in [2.05, 4.69) is 20.3 Å². The molecular formula is C37H40Cl2N6O4. The highest BCUT2D eigenvalue weighted by Gasteiger charge is 2.27. The Kier molecular flexibility index (Phi) is 11.9. The molecule has 256 valence electrons. The fraction of sp³-hybridized carbons (Fsp3) is 0.324. The van der Waals surface area contributed by atoms with Crippen LogP contribution in [0.3, 0.4) is 0 Å². The highest BCUT2D eigenvalue weighted by atomic mass is 35.5. The molecule has 1 aliphatic heterocycles. The monoisotopic (exact) mass is 702 g/mol. The van der Waals surface area contributed by atoms with Crippen LogP contribution < -0.4 is 15.6 Å². The number of aryl methyl sites for hydroxylation is 1. The average Bonchev–Trinajstić information content (AvgIpc) is 3.12. The normalized spacial score (nSPS) is 13.4. The number of hydrogen-bond acceptors (Lipinski definition) is 9. The van der Waals surface area contributed by atoms with Crippen molar-refractivity contribution in [2.45, 2.75) is 40.2 Å². The third-order valence-electron chi connectivity index (χ3n) is 8.41. The van der Waals surface area contributed by atoms with Gasteiger partial charge in [-0.2, -0.15) is 5.10 Å². The van der Waals surface area contributed by atoms with Crippen molar-refractivity contribution < 1.29 is 14.3 Å². The van der Waals surface area contributed by atoms with Gasteiger partial charge in [0, 0.05) is 47.4 Å². The van der Waals surface area contributed by atoms with E-state index < -0.39 is 0 Å². The number of esters is 1. The summed E-state index contributed by atoms with van der Waals surface area (Å²) in [6, 6.07) is 17.0. The highest BCUT2D eigenvalue weighted by molar-refractivity contribution is 6.39. The van der Waals surface area contributed by atoms with Crippen LogP contribution in [0.15, 0.2) is 71.8 Å². The molecule has 0 saturated carbocycles. The molecule has 0 radical (unpaired) electrons. The van der Waals surface area contributed by atoms with Crippen molar-refractivity contribution in [1.82, 2.24) is 24.6 Å². The van der Waals surface area contributed by atoms with Crippen LogP contribution in [0.2, 0.25) is 10.0 Å². The Morgan fingerprint density at radius 3 is 2.39 bits per heavy atom. The lowest BCUT2D eigenvalue weighted by molar-refractivity contribution is -0.149. The number of nitrogens with zero attached hydrogens (tertiary/aromatic N) is 5. The number of benzene rings is 2. The number of fused-ring (bicyclic) bond motifs is 1. The second kappa shape index (κ2) is 16.3. The minimum Gasteiger partial charge on any atom is -0.481 e. The number of ether oxygens (including phenoxy) is 2. The maximum Gasteiger partial charge on any atom is 0.309 e. The van der Waals surface area contributed by atoms with Crippen molar-refractivity contribution >= 4 is 51.4 Å². The Morgan fingerprint density at radius 2 is 1.67 bits per heavy atom. The number of aromatic nitrogens is 4. The van der Waals surface area contributed by atoms with Crippen LogP contribution in [0.5, 0.6) is 5.88 Å². The first-order valence-electron chi connectivity index (χ1n) is 16.4. The molecule has 5 aromatic rings. The van der Waals surface area contributed by atoms with Gasteiger partial charge < -0.3 is 14.8 Å². The average molecular weight is 704 g/mol. The maximum atomic E-state index is 12.9. The molecule has 10 nitrogen and oxygen atoms in total. The third kappa shape index (κ3) is 7.72.